The molecule has 148 heavy (non-hydrogen) atoms. The van der Waals surface area contributed by atoms with E-state index >= 15 is 0 Å². The number of nitrogens with one attached hydrogen (secondary N) is 6. The van der Waals surface area contributed by atoms with E-state index in [1.54, 1.807) is 24.3 Å². The van der Waals surface area contributed by atoms with Gasteiger partial charge in [0.05, 0.1) is 87.5 Å². The van der Waals surface area contributed by atoms with Crippen LogP contribution in [-0.4, -0.2) is 96.6 Å². The number of ether oxygens (including phenoxy) is 12. The van der Waals surface area contributed by atoms with Gasteiger partial charge in [0.2, 0.25) is 0 Å². The predicted octanol–water partition coefficient (Wildman–Crippen LogP) is 29.0. The highest BCUT2D eigenvalue weighted by molar-refractivity contribution is 6.36. The van der Waals surface area contributed by atoms with E-state index in [0.717, 1.165) is 95.8 Å². The monoisotopic (exact) mass is 2050 g/mol. The molecule has 0 aliphatic carbocycles. The van der Waals surface area contributed by atoms with Gasteiger partial charge in [-0.05, 0) is 180 Å². The summed E-state index contributed by atoms with van der Waals surface area (Å²) in [5, 5.41) is 31.7. The minimum Gasteiger partial charge on any atom is -0.375 e. The average Bonchev–Trinajstić information content (AvgIpc) is 1.37. The van der Waals surface area contributed by atoms with E-state index in [0.29, 0.717) is 79.9 Å². The van der Waals surface area contributed by atoms with Crippen LogP contribution in [0.4, 0.5) is 56.1 Å². The summed E-state index contributed by atoms with van der Waals surface area (Å²) in [6.07, 6.45) is -1.91. The normalized spacial score (nSPS) is 25.4. The van der Waals surface area contributed by atoms with Crippen LogP contribution in [-0.2, 0) is 78.5 Å². The summed E-state index contributed by atoms with van der Waals surface area (Å²) in [6.45, 7) is 39.2. The molecule has 0 spiro atoms. The highest BCUT2D eigenvalue weighted by Gasteiger charge is 2.50. The lowest BCUT2D eigenvalue weighted by atomic mass is 9.82. The molecule has 0 saturated carbocycles. The molecule has 12 heterocycles. The van der Waals surface area contributed by atoms with Crippen LogP contribution in [0.2, 0.25) is 10.0 Å². The third kappa shape index (κ3) is 22.4. The van der Waals surface area contributed by atoms with Gasteiger partial charge in [0.25, 0.3) is 0 Å². The van der Waals surface area contributed by atoms with Crippen molar-refractivity contribution in [1.82, 2.24) is 0 Å². The van der Waals surface area contributed by atoms with Crippen molar-refractivity contribution in [2.24, 2.45) is 0 Å². The van der Waals surface area contributed by atoms with Crippen molar-refractivity contribution in [3.8, 4) is 6.07 Å². The maximum absolute atomic E-state index is 14.4. The Kier molecular flexibility index (Phi) is 31.2. The molecular weight excluding hydrogens is 1920 g/mol. The molecule has 0 radical (unpaired) electrons. The number of halogens is 7. The Balaban J connectivity index is 0.000000112. The molecular formula is C122H132Cl2F5N7O12. The van der Waals surface area contributed by atoms with Crippen molar-refractivity contribution in [2.45, 2.75) is 254 Å². The molecule has 24 rings (SSSR count). The Hall–Kier alpha value is -11.3. The van der Waals surface area contributed by atoms with E-state index in [1.165, 1.54) is 57.1 Å². The molecule has 6 saturated heterocycles. The molecule has 12 aromatic carbocycles. The van der Waals surface area contributed by atoms with Gasteiger partial charge in [-0.15, -0.1) is 0 Å². The van der Waals surface area contributed by atoms with Gasteiger partial charge in [-0.1, -0.05) is 280 Å². The van der Waals surface area contributed by atoms with Crippen LogP contribution in [0.5, 0.6) is 0 Å². The lowest BCUT2D eigenvalue weighted by Gasteiger charge is -2.43. The maximum Gasteiger partial charge on any atom is 0.161 e. The first kappa shape index (κ1) is 105. The molecule has 26 heteroatoms. The molecule has 6 fully saturated rings. The number of anilines is 6. The second kappa shape index (κ2) is 43.9. The van der Waals surface area contributed by atoms with Gasteiger partial charge in [0, 0.05) is 94.7 Å². The number of rotatable bonds is 8. The fraction of sp³-hybridized carbons (Fsp3) is 0.402. The van der Waals surface area contributed by atoms with Gasteiger partial charge in [0.1, 0.15) is 111 Å². The van der Waals surface area contributed by atoms with Gasteiger partial charge < -0.3 is 88.7 Å². The molecule has 776 valence electrons. The molecule has 12 aliphatic rings. The number of nitriles is 1. The van der Waals surface area contributed by atoms with Crippen LogP contribution in [0.1, 0.15) is 301 Å². The largest absolute Gasteiger partial charge is 0.375 e. The fourth-order valence-corrected chi connectivity index (χ4v) is 22.3. The lowest BCUT2D eigenvalue weighted by molar-refractivity contribution is -0.151. The van der Waals surface area contributed by atoms with Crippen LogP contribution in [0.15, 0.2) is 243 Å². The van der Waals surface area contributed by atoms with Crippen molar-refractivity contribution in [3.05, 3.63) is 387 Å². The van der Waals surface area contributed by atoms with Gasteiger partial charge in [-0.25, -0.2) is 22.0 Å². The zero-order chi connectivity index (χ0) is 104. The van der Waals surface area contributed by atoms with Crippen molar-refractivity contribution in [2.75, 3.05) is 91.9 Å². The number of hydrogen-bond acceptors (Lipinski definition) is 19. The smallest absolute Gasteiger partial charge is 0.161 e. The Morgan fingerprint density at radius 2 is 0.595 bits per heavy atom. The molecule has 0 aromatic heterocycles. The van der Waals surface area contributed by atoms with Gasteiger partial charge in [-0.3, -0.25) is 0 Å². The van der Waals surface area contributed by atoms with E-state index in [-0.39, 0.29) is 144 Å². The number of nitrogens with zero attached hydrogens (tertiary/aromatic N) is 1. The minimum atomic E-state index is -1.21. The average molecular weight is 2050 g/mol. The maximum atomic E-state index is 14.4. The van der Waals surface area contributed by atoms with Gasteiger partial charge >= 0.3 is 0 Å². The zero-order valence-electron chi connectivity index (χ0n) is 86.5. The van der Waals surface area contributed by atoms with Crippen LogP contribution >= 0.6 is 23.2 Å². The highest BCUT2D eigenvalue weighted by Crippen LogP contribution is 2.55. The van der Waals surface area contributed by atoms with E-state index in [4.69, 9.17) is 80.0 Å². The lowest BCUT2D eigenvalue weighted by Crippen LogP contribution is -2.43. The van der Waals surface area contributed by atoms with Crippen molar-refractivity contribution >= 4 is 57.3 Å². The summed E-state index contributed by atoms with van der Waals surface area (Å²) in [7, 11) is 0. The Bertz CT molecular complexity index is 6790. The first-order chi connectivity index (χ1) is 70.9. The molecule has 6 N–H and O–H groups in total. The first-order valence-electron chi connectivity index (χ1n) is 51.4. The summed E-state index contributed by atoms with van der Waals surface area (Å²) in [5.74, 6) is -2.76. The van der Waals surface area contributed by atoms with Crippen LogP contribution in [0.3, 0.4) is 0 Å². The Morgan fingerprint density at radius 3 is 0.993 bits per heavy atom. The van der Waals surface area contributed by atoms with E-state index < -0.39 is 35.7 Å². The topological polar surface area (TPSA) is 207 Å². The molecule has 12 aliphatic heterocycles. The molecule has 0 amide bonds. The third-order valence-electron chi connectivity index (χ3n) is 29.9. The summed E-state index contributed by atoms with van der Waals surface area (Å²) >= 11 is 12.9. The van der Waals surface area contributed by atoms with Crippen LogP contribution in [0.25, 0.3) is 0 Å². The van der Waals surface area contributed by atoms with Crippen molar-refractivity contribution < 1.29 is 78.8 Å². The summed E-state index contributed by atoms with van der Waals surface area (Å²) in [6, 6.07) is 78.5. The van der Waals surface area contributed by atoms with Crippen LogP contribution in [0, 0.1) is 40.4 Å². The highest BCUT2D eigenvalue weighted by atomic mass is 35.5. The molecule has 19 nitrogen and oxygen atoms in total. The second-order valence-corrected chi connectivity index (χ2v) is 45.3. The minimum absolute atomic E-state index is 0.00115. The zero-order valence-corrected chi connectivity index (χ0v) is 88.0. The van der Waals surface area contributed by atoms with Crippen molar-refractivity contribution in [3.63, 3.8) is 0 Å². The summed E-state index contributed by atoms with van der Waals surface area (Å²) < 4.78 is 140. The van der Waals surface area contributed by atoms with Crippen molar-refractivity contribution in [1.29, 1.82) is 5.26 Å². The molecule has 18 unspecified atom stereocenters. The fourth-order valence-electron chi connectivity index (χ4n) is 21.7. The van der Waals surface area contributed by atoms with E-state index in [1.807, 2.05) is 66.7 Å². The van der Waals surface area contributed by atoms with Gasteiger partial charge in [-0.2, -0.15) is 5.26 Å². The summed E-state index contributed by atoms with van der Waals surface area (Å²) in [4.78, 5) is 0. The first-order valence-corrected chi connectivity index (χ1v) is 52.1. The second-order valence-electron chi connectivity index (χ2n) is 44.5. The number of benzene rings is 12. The third-order valence-corrected chi connectivity index (χ3v) is 30.5. The van der Waals surface area contributed by atoms with Crippen LogP contribution < -0.4 is 31.9 Å². The Morgan fingerprint density at radius 1 is 0.277 bits per heavy atom. The van der Waals surface area contributed by atoms with E-state index in [2.05, 4.69) is 270 Å². The SMILES string of the molecule is CC(C)(C)c1ccc2c(c1)C1OCCOC1C(c1cccc(C#N)c1)N2.CC(C)(C)c1ccc2c(c1)C1OCOC1C(c1ccc(F)cc1)N2.CC(C)(C)c1ccc2c(c1)C1OCOC1C(c1cccc(F)c1)N2.CC(C)(C)c1ccc2c(c1)C1OCOC1C(c1ccccc1)N2.CC(C)c1ccc2c(c1)C1OCCOC1C(c1c(Cl)cccc1Cl)N2.CC(C)c1ccc2c(c1)C1OCCOC1C(c1cc(F)c(F)cc1F)N2. The van der Waals surface area contributed by atoms with E-state index in [9.17, 15) is 27.2 Å². The predicted molar refractivity (Wildman–Crippen MR) is 569 cm³/mol. The molecule has 0 bridgehead atoms. The standard InChI is InChI=1S/C22H24N2O2.C20H21Cl2NO2.C20H20F3NO2.2C20H22FNO2.C20H23NO2/c1-22(2,3)16-7-8-18-17(12-16)20-21(26-10-9-25-20)19(24-18)15-6-4-5-14(11-15)13-23;1-11(2)12-6-7-16-13(10-12)19-20(25-9-8-24-19)18(23-16)17-14(21)4-3-5-15(17)22;1-10(2)11-3-4-17-13(7-11)19-20(26-6-5-25-19)18(24-17)12-8-15(22)16(23)9-14(12)21;1-20(2,3)13-6-9-16-15(10-13)18-19(24-11-23-18)17(22-16)12-4-7-14(21)8-5-12;1-20(2,3)13-7-8-16-15(10-13)18-19(24-11-23-18)17(22-16)12-5-4-6-14(21)9-12;1-20(2,3)14-9-10-16-15(11-14)18-19(23-12-22-18)17(21-16)13-7-5-4-6-8-13/h4-8,11-12,19-21,24H,9-10H2,1-3H3;3-7,10-11,18-20,23H,8-9H2,1-2H3;3-4,7-10,18-20,24H,5-6H2,1-2H3;2*4-10,17-19,22H,11H2,1-3H3;4-11,17-19,21H,12H2,1-3H3. The van der Waals surface area contributed by atoms with Gasteiger partial charge in [0.15, 0.2) is 11.6 Å². The number of fused-ring (bicyclic) bond motifs is 18. The quantitative estimate of drug-likeness (QED) is 0.0618. The molecule has 18 atom stereocenters. The summed E-state index contributed by atoms with van der Waals surface area (Å²) in [5.41, 5.74) is 26.6. The molecule has 12 aromatic rings. The Labute approximate surface area is 875 Å². The number of hydrogen-bond donors (Lipinski definition) is 6.